The highest BCUT2D eigenvalue weighted by Gasteiger charge is 2.22. The van der Waals surface area contributed by atoms with Crippen molar-refractivity contribution >= 4 is 11.8 Å². The van der Waals surface area contributed by atoms with Crippen molar-refractivity contribution in [3.63, 3.8) is 0 Å². The Balaban J connectivity index is 1.40. The first-order chi connectivity index (χ1) is 10.2. The first-order valence-electron chi connectivity index (χ1n) is 7.62. The quantitative estimate of drug-likeness (QED) is 0.686. The lowest BCUT2D eigenvalue weighted by Gasteiger charge is -2.07. The molecule has 1 fully saturated rings. The first-order valence-corrected chi connectivity index (χ1v) is 7.62. The van der Waals surface area contributed by atoms with Gasteiger partial charge in [-0.05, 0) is 42.5 Å². The van der Waals surface area contributed by atoms with Gasteiger partial charge in [-0.25, -0.2) is 0 Å². The summed E-state index contributed by atoms with van der Waals surface area (Å²) in [5.41, 5.74) is 3.16. The third kappa shape index (κ3) is 3.82. The monoisotopic (exact) mass is 287 g/mol. The Morgan fingerprint density at radius 3 is 2.81 bits per heavy atom. The van der Waals surface area contributed by atoms with Gasteiger partial charge < -0.3 is 16.0 Å². The van der Waals surface area contributed by atoms with Crippen LogP contribution in [0.1, 0.15) is 47.2 Å². The van der Waals surface area contributed by atoms with E-state index in [-0.39, 0.29) is 11.8 Å². The SMILES string of the molecule is O=C(CCCNC(=O)c1ccc2c(c1)CNC2)NC1CC1. The fourth-order valence-electron chi connectivity index (χ4n) is 2.52. The molecule has 0 saturated heterocycles. The molecule has 0 atom stereocenters. The molecule has 1 aromatic rings. The largest absolute Gasteiger partial charge is 0.353 e. The van der Waals surface area contributed by atoms with Crippen molar-refractivity contribution in [1.82, 2.24) is 16.0 Å². The second kappa shape index (κ2) is 6.26. The van der Waals surface area contributed by atoms with Gasteiger partial charge >= 0.3 is 0 Å². The molecule has 1 aliphatic carbocycles. The van der Waals surface area contributed by atoms with Gasteiger partial charge in [0.1, 0.15) is 0 Å². The van der Waals surface area contributed by atoms with E-state index in [2.05, 4.69) is 16.0 Å². The van der Waals surface area contributed by atoms with Gasteiger partial charge in [-0.3, -0.25) is 9.59 Å². The molecular weight excluding hydrogens is 266 g/mol. The summed E-state index contributed by atoms with van der Waals surface area (Å²) in [4.78, 5) is 23.6. The molecule has 0 radical (unpaired) electrons. The summed E-state index contributed by atoms with van der Waals surface area (Å²) in [7, 11) is 0. The van der Waals surface area contributed by atoms with Crippen molar-refractivity contribution in [3.05, 3.63) is 34.9 Å². The van der Waals surface area contributed by atoms with Crippen LogP contribution in [0.4, 0.5) is 0 Å². The van der Waals surface area contributed by atoms with Gasteiger partial charge in [0.05, 0.1) is 0 Å². The number of hydrogen-bond donors (Lipinski definition) is 3. The normalized spacial score (nSPS) is 16.4. The number of hydrogen-bond acceptors (Lipinski definition) is 3. The number of carbonyl (C=O) groups excluding carboxylic acids is 2. The van der Waals surface area contributed by atoms with Crippen LogP contribution < -0.4 is 16.0 Å². The molecule has 1 heterocycles. The standard InChI is InChI=1S/C16H21N3O2/c20-15(19-14-5-6-14)2-1-7-18-16(21)11-3-4-12-9-17-10-13(12)8-11/h3-4,8,14,17H,1-2,5-7,9-10H2,(H,18,21)(H,19,20). The molecular formula is C16H21N3O2. The highest BCUT2D eigenvalue weighted by atomic mass is 16.2. The van der Waals surface area contributed by atoms with E-state index < -0.39 is 0 Å². The zero-order chi connectivity index (χ0) is 14.7. The molecule has 5 nitrogen and oxygen atoms in total. The smallest absolute Gasteiger partial charge is 0.251 e. The lowest BCUT2D eigenvalue weighted by Crippen LogP contribution is -2.28. The molecule has 1 aliphatic heterocycles. The summed E-state index contributed by atoms with van der Waals surface area (Å²) in [5.74, 6) is 0.0302. The van der Waals surface area contributed by atoms with Crippen LogP contribution in [0.5, 0.6) is 0 Å². The molecule has 0 unspecified atom stereocenters. The fraction of sp³-hybridized carbons (Fsp3) is 0.500. The molecule has 3 N–H and O–H groups in total. The summed E-state index contributed by atoms with van der Waals surface area (Å²) in [5, 5.41) is 9.08. The summed E-state index contributed by atoms with van der Waals surface area (Å²) < 4.78 is 0. The van der Waals surface area contributed by atoms with Crippen LogP contribution in [0.3, 0.4) is 0 Å². The van der Waals surface area contributed by atoms with Gasteiger partial charge in [-0.2, -0.15) is 0 Å². The third-order valence-electron chi connectivity index (χ3n) is 3.91. The third-order valence-corrected chi connectivity index (χ3v) is 3.91. The van der Waals surface area contributed by atoms with Crippen molar-refractivity contribution in [3.8, 4) is 0 Å². The second-order valence-electron chi connectivity index (χ2n) is 5.79. The van der Waals surface area contributed by atoms with Crippen LogP contribution in [-0.2, 0) is 17.9 Å². The molecule has 1 saturated carbocycles. The summed E-state index contributed by atoms with van der Waals surface area (Å²) in [6.45, 7) is 2.25. The minimum Gasteiger partial charge on any atom is -0.353 e. The Morgan fingerprint density at radius 2 is 2.00 bits per heavy atom. The highest BCUT2D eigenvalue weighted by Crippen LogP contribution is 2.19. The van der Waals surface area contributed by atoms with Gasteiger partial charge in [0.25, 0.3) is 5.91 Å². The van der Waals surface area contributed by atoms with Crippen molar-refractivity contribution in [2.75, 3.05) is 6.54 Å². The molecule has 2 aliphatic rings. The maximum absolute atomic E-state index is 12.0. The van der Waals surface area contributed by atoms with Crippen LogP contribution in [0.25, 0.3) is 0 Å². The summed E-state index contributed by atoms with van der Waals surface area (Å²) in [6.07, 6.45) is 3.37. The Hall–Kier alpha value is -1.88. The van der Waals surface area contributed by atoms with E-state index in [9.17, 15) is 9.59 Å². The zero-order valence-corrected chi connectivity index (χ0v) is 12.1. The van der Waals surface area contributed by atoms with E-state index >= 15 is 0 Å². The molecule has 112 valence electrons. The number of benzene rings is 1. The van der Waals surface area contributed by atoms with Crippen LogP contribution >= 0.6 is 0 Å². The van der Waals surface area contributed by atoms with E-state index in [4.69, 9.17) is 0 Å². The van der Waals surface area contributed by atoms with E-state index in [1.165, 1.54) is 11.1 Å². The predicted molar refractivity (Wildman–Crippen MR) is 79.7 cm³/mol. The molecule has 5 heteroatoms. The van der Waals surface area contributed by atoms with Gasteiger partial charge in [0.2, 0.25) is 5.91 Å². The topological polar surface area (TPSA) is 70.2 Å². The Morgan fingerprint density at radius 1 is 1.19 bits per heavy atom. The van der Waals surface area contributed by atoms with Crippen LogP contribution in [0.2, 0.25) is 0 Å². The van der Waals surface area contributed by atoms with Crippen LogP contribution in [0.15, 0.2) is 18.2 Å². The van der Waals surface area contributed by atoms with E-state index in [0.717, 1.165) is 25.9 Å². The van der Waals surface area contributed by atoms with Crippen molar-refractivity contribution < 1.29 is 9.59 Å². The average Bonchev–Trinajstić information content (AvgIpc) is 3.16. The van der Waals surface area contributed by atoms with Gasteiger partial charge in [-0.15, -0.1) is 0 Å². The lowest BCUT2D eigenvalue weighted by atomic mass is 10.1. The number of nitrogens with one attached hydrogen (secondary N) is 3. The molecule has 0 bridgehead atoms. The maximum Gasteiger partial charge on any atom is 0.251 e. The molecule has 2 amide bonds. The minimum absolute atomic E-state index is 0.0627. The second-order valence-corrected chi connectivity index (χ2v) is 5.79. The van der Waals surface area contributed by atoms with Crippen LogP contribution in [0, 0.1) is 0 Å². The minimum atomic E-state index is -0.0627. The fourth-order valence-corrected chi connectivity index (χ4v) is 2.52. The van der Waals surface area contributed by atoms with Gasteiger partial charge in [0, 0.05) is 37.7 Å². The van der Waals surface area contributed by atoms with E-state index in [0.29, 0.717) is 31.0 Å². The maximum atomic E-state index is 12.0. The highest BCUT2D eigenvalue weighted by molar-refractivity contribution is 5.94. The van der Waals surface area contributed by atoms with Gasteiger partial charge in [0.15, 0.2) is 0 Å². The van der Waals surface area contributed by atoms with E-state index in [1.807, 2.05) is 18.2 Å². The Labute approximate surface area is 124 Å². The Kier molecular flexibility index (Phi) is 4.20. The van der Waals surface area contributed by atoms with Gasteiger partial charge in [-0.1, -0.05) is 6.07 Å². The lowest BCUT2D eigenvalue weighted by molar-refractivity contribution is -0.121. The summed E-state index contributed by atoms with van der Waals surface area (Å²) >= 11 is 0. The number of rotatable bonds is 6. The average molecular weight is 287 g/mol. The first kappa shape index (κ1) is 14.1. The molecule has 21 heavy (non-hydrogen) atoms. The van der Waals surface area contributed by atoms with Crippen molar-refractivity contribution in [1.29, 1.82) is 0 Å². The number of carbonyl (C=O) groups is 2. The van der Waals surface area contributed by atoms with Crippen molar-refractivity contribution in [2.45, 2.75) is 44.8 Å². The van der Waals surface area contributed by atoms with E-state index in [1.54, 1.807) is 0 Å². The molecule has 1 aromatic carbocycles. The summed E-state index contributed by atoms with van der Waals surface area (Å²) in [6, 6.07) is 6.23. The number of fused-ring (bicyclic) bond motifs is 1. The number of amides is 2. The molecule has 0 aromatic heterocycles. The van der Waals surface area contributed by atoms with Crippen molar-refractivity contribution in [2.24, 2.45) is 0 Å². The molecule has 3 rings (SSSR count). The molecule has 0 spiro atoms. The predicted octanol–water partition coefficient (Wildman–Crippen LogP) is 1.08. The Bertz CT molecular complexity index is 552. The van der Waals surface area contributed by atoms with Crippen LogP contribution in [-0.4, -0.2) is 24.4 Å². The zero-order valence-electron chi connectivity index (χ0n) is 12.1.